The normalized spacial score (nSPS) is 13.2. The number of rotatable bonds is 3. The quantitative estimate of drug-likeness (QED) is 0.789. The molecule has 0 heterocycles. The maximum atomic E-state index is 11.6. The predicted molar refractivity (Wildman–Crippen MR) is 55.9 cm³/mol. The van der Waals surface area contributed by atoms with Crippen molar-refractivity contribution in [1.29, 1.82) is 0 Å². The Morgan fingerprint density at radius 3 is 2.23 bits per heavy atom. The summed E-state index contributed by atoms with van der Waals surface area (Å²) in [6.45, 7) is 5.97. The minimum Gasteiger partial charge on any atom is -0.237 e. The summed E-state index contributed by atoms with van der Waals surface area (Å²) in [7, 11) is -1.07. The number of nitrogens with one attached hydrogen (secondary N) is 1. The molecule has 0 spiro atoms. The van der Waals surface area contributed by atoms with Crippen LogP contribution >= 0.6 is 0 Å². The highest BCUT2D eigenvalue weighted by Crippen LogP contribution is 2.06. The van der Waals surface area contributed by atoms with E-state index in [-0.39, 0.29) is 6.04 Å². The van der Waals surface area contributed by atoms with Gasteiger partial charge in [-0.3, -0.25) is 0 Å². The van der Waals surface area contributed by atoms with Crippen LogP contribution in [0.15, 0.2) is 29.2 Å². The summed E-state index contributed by atoms with van der Waals surface area (Å²) in [4.78, 5) is 0.833. The van der Waals surface area contributed by atoms with Crippen molar-refractivity contribution < 1.29 is 4.21 Å². The molecule has 0 fully saturated rings. The fourth-order valence-electron chi connectivity index (χ4n) is 0.944. The zero-order valence-electron chi connectivity index (χ0n) is 8.20. The molecule has 0 aliphatic carbocycles. The highest BCUT2D eigenvalue weighted by molar-refractivity contribution is 7.83. The Hall–Kier alpha value is -0.670. The van der Waals surface area contributed by atoms with Gasteiger partial charge in [0.15, 0.2) is 0 Å². The average molecular weight is 197 g/mol. The summed E-state index contributed by atoms with van der Waals surface area (Å²) in [6, 6.07) is 7.95. The molecule has 1 N–H and O–H groups in total. The monoisotopic (exact) mass is 197 g/mol. The van der Waals surface area contributed by atoms with Gasteiger partial charge in [-0.25, -0.2) is 8.93 Å². The second-order valence-electron chi connectivity index (χ2n) is 3.35. The molecule has 1 atom stereocenters. The van der Waals surface area contributed by atoms with E-state index in [1.807, 2.05) is 45.0 Å². The van der Waals surface area contributed by atoms with Crippen molar-refractivity contribution in [2.45, 2.75) is 31.7 Å². The first kappa shape index (κ1) is 10.4. The summed E-state index contributed by atoms with van der Waals surface area (Å²) >= 11 is 0. The van der Waals surface area contributed by atoms with Crippen molar-refractivity contribution in [3.8, 4) is 0 Å². The molecule has 0 bridgehead atoms. The Morgan fingerprint density at radius 2 is 1.77 bits per heavy atom. The molecule has 1 aromatic carbocycles. The van der Waals surface area contributed by atoms with E-state index < -0.39 is 11.0 Å². The third-order valence-corrected chi connectivity index (χ3v) is 2.96. The Labute approximate surface area is 82.0 Å². The van der Waals surface area contributed by atoms with E-state index in [1.54, 1.807) is 0 Å². The zero-order valence-corrected chi connectivity index (χ0v) is 9.02. The largest absolute Gasteiger partial charge is 0.237 e. The van der Waals surface area contributed by atoms with Crippen LogP contribution in [-0.2, 0) is 11.0 Å². The maximum Gasteiger partial charge on any atom is 0.125 e. The highest BCUT2D eigenvalue weighted by Gasteiger charge is 2.03. The lowest BCUT2D eigenvalue weighted by Gasteiger charge is -2.07. The number of hydrogen-bond acceptors (Lipinski definition) is 1. The van der Waals surface area contributed by atoms with Crippen LogP contribution in [0.25, 0.3) is 0 Å². The van der Waals surface area contributed by atoms with Gasteiger partial charge in [0.05, 0.1) is 4.90 Å². The van der Waals surface area contributed by atoms with Gasteiger partial charge in [0, 0.05) is 6.04 Å². The Bertz CT molecular complexity index is 292. The molecular formula is C10H15NOS. The van der Waals surface area contributed by atoms with Crippen molar-refractivity contribution >= 4 is 11.0 Å². The van der Waals surface area contributed by atoms with Gasteiger partial charge < -0.3 is 0 Å². The molecule has 1 unspecified atom stereocenters. The average Bonchev–Trinajstić information content (AvgIpc) is 2.04. The second-order valence-corrected chi connectivity index (χ2v) is 4.60. The van der Waals surface area contributed by atoms with E-state index >= 15 is 0 Å². The molecule has 0 aliphatic heterocycles. The van der Waals surface area contributed by atoms with Gasteiger partial charge in [-0.2, -0.15) is 0 Å². The molecule has 0 aliphatic rings. The SMILES string of the molecule is Cc1ccc(S(=O)NC(C)C)cc1. The van der Waals surface area contributed by atoms with Crippen LogP contribution in [0.2, 0.25) is 0 Å². The van der Waals surface area contributed by atoms with Gasteiger partial charge in [0.25, 0.3) is 0 Å². The maximum absolute atomic E-state index is 11.6. The van der Waals surface area contributed by atoms with Crippen molar-refractivity contribution in [2.24, 2.45) is 0 Å². The lowest BCUT2D eigenvalue weighted by molar-refractivity contribution is 0.656. The molecule has 0 saturated heterocycles. The van der Waals surface area contributed by atoms with Crippen LogP contribution in [0, 0.1) is 6.92 Å². The van der Waals surface area contributed by atoms with Crippen LogP contribution in [0.1, 0.15) is 19.4 Å². The minimum atomic E-state index is -1.07. The van der Waals surface area contributed by atoms with Crippen molar-refractivity contribution in [3.05, 3.63) is 29.8 Å². The van der Waals surface area contributed by atoms with E-state index in [2.05, 4.69) is 4.72 Å². The van der Waals surface area contributed by atoms with E-state index in [0.29, 0.717) is 0 Å². The molecule has 0 radical (unpaired) electrons. The molecule has 1 aromatic rings. The Kier molecular flexibility index (Phi) is 3.63. The minimum absolute atomic E-state index is 0.238. The highest BCUT2D eigenvalue weighted by atomic mass is 32.2. The molecule has 3 heteroatoms. The molecule has 72 valence electrons. The summed E-state index contributed by atoms with van der Waals surface area (Å²) in [5, 5.41) is 0. The first-order valence-electron chi connectivity index (χ1n) is 4.34. The molecular weight excluding hydrogens is 182 g/mol. The summed E-state index contributed by atoms with van der Waals surface area (Å²) in [6.07, 6.45) is 0. The topological polar surface area (TPSA) is 29.1 Å². The number of benzene rings is 1. The Morgan fingerprint density at radius 1 is 1.23 bits per heavy atom. The number of aryl methyl sites for hydroxylation is 1. The fourth-order valence-corrected chi connectivity index (χ4v) is 1.89. The summed E-state index contributed by atoms with van der Waals surface area (Å²) < 4.78 is 14.5. The van der Waals surface area contributed by atoms with Gasteiger partial charge in [0.1, 0.15) is 11.0 Å². The van der Waals surface area contributed by atoms with Crippen molar-refractivity contribution in [3.63, 3.8) is 0 Å². The fraction of sp³-hybridized carbons (Fsp3) is 0.400. The zero-order chi connectivity index (χ0) is 9.84. The molecule has 0 aromatic heterocycles. The van der Waals surface area contributed by atoms with Gasteiger partial charge in [-0.15, -0.1) is 0 Å². The van der Waals surface area contributed by atoms with E-state index in [4.69, 9.17) is 0 Å². The van der Waals surface area contributed by atoms with Crippen molar-refractivity contribution in [1.82, 2.24) is 4.72 Å². The summed E-state index contributed by atoms with van der Waals surface area (Å²) in [5.74, 6) is 0. The van der Waals surface area contributed by atoms with Crippen LogP contribution < -0.4 is 4.72 Å². The van der Waals surface area contributed by atoms with Crippen molar-refractivity contribution in [2.75, 3.05) is 0 Å². The number of hydrogen-bond donors (Lipinski definition) is 1. The summed E-state index contributed by atoms with van der Waals surface area (Å²) in [5.41, 5.74) is 1.19. The lowest BCUT2D eigenvalue weighted by atomic mass is 10.2. The van der Waals surface area contributed by atoms with E-state index in [1.165, 1.54) is 5.56 Å². The molecule has 1 rings (SSSR count). The predicted octanol–water partition coefficient (Wildman–Crippen LogP) is 2.02. The first-order chi connectivity index (χ1) is 6.09. The molecule has 0 amide bonds. The van der Waals surface area contributed by atoms with Gasteiger partial charge in [-0.1, -0.05) is 17.7 Å². The molecule has 13 heavy (non-hydrogen) atoms. The van der Waals surface area contributed by atoms with Crippen LogP contribution in [-0.4, -0.2) is 10.3 Å². The third-order valence-electron chi connectivity index (χ3n) is 1.58. The molecule has 0 saturated carbocycles. The van der Waals surface area contributed by atoms with E-state index in [0.717, 1.165) is 4.90 Å². The van der Waals surface area contributed by atoms with Crippen LogP contribution in [0.4, 0.5) is 0 Å². The Balaban J connectivity index is 2.72. The smallest absolute Gasteiger partial charge is 0.125 e. The third kappa shape index (κ3) is 3.28. The lowest BCUT2D eigenvalue weighted by Crippen LogP contribution is -2.24. The van der Waals surface area contributed by atoms with Gasteiger partial charge in [0.2, 0.25) is 0 Å². The van der Waals surface area contributed by atoms with Crippen LogP contribution in [0.3, 0.4) is 0 Å². The van der Waals surface area contributed by atoms with Gasteiger partial charge in [-0.05, 0) is 32.9 Å². The first-order valence-corrected chi connectivity index (χ1v) is 5.49. The van der Waals surface area contributed by atoms with Crippen LogP contribution in [0.5, 0.6) is 0 Å². The second kappa shape index (κ2) is 4.53. The van der Waals surface area contributed by atoms with E-state index in [9.17, 15) is 4.21 Å². The van der Waals surface area contributed by atoms with Gasteiger partial charge >= 0.3 is 0 Å². The molecule has 2 nitrogen and oxygen atoms in total. The standard InChI is InChI=1S/C10H15NOS/c1-8(2)11-13(12)10-6-4-9(3)5-7-10/h4-8,11H,1-3H3.